The summed E-state index contributed by atoms with van der Waals surface area (Å²) in [6, 6.07) is 5.06. The van der Waals surface area contributed by atoms with Gasteiger partial charge in [0.2, 0.25) is 0 Å². The lowest BCUT2D eigenvalue weighted by Gasteiger charge is -2.03. The summed E-state index contributed by atoms with van der Waals surface area (Å²) in [5, 5.41) is 19.2. The normalized spacial score (nSPS) is 11.4. The Bertz CT molecular complexity index is 465. The van der Waals surface area contributed by atoms with Gasteiger partial charge in [0.1, 0.15) is 0 Å². The summed E-state index contributed by atoms with van der Waals surface area (Å²) >= 11 is 0. The van der Waals surface area contributed by atoms with Gasteiger partial charge in [0.15, 0.2) is 11.5 Å². The third-order valence-electron chi connectivity index (χ3n) is 4.82. The van der Waals surface area contributed by atoms with Crippen LogP contribution in [0.25, 0.3) is 6.08 Å². The molecule has 0 aliphatic heterocycles. The predicted octanol–water partition coefficient (Wildman–Crippen LogP) is 7.59. The average Bonchev–Trinajstić information content (AvgIpc) is 2.61. The van der Waals surface area contributed by atoms with E-state index in [0.717, 1.165) is 6.42 Å². The minimum absolute atomic E-state index is 0.0240. The largest absolute Gasteiger partial charge is 0.504 e. The first-order chi connectivity index (χ1) is 12.3. The highest BCUT2D eigenvalue weighted by atomic mass is 16.3. The summed E-state index contributed by atoms with van der Waals surface area (Å²) < 4.78 is 0. The van der Waals surface area contributed by atoms with Crippen LogP contribution in [0.2, 0.25) is 0 Å². The van der Waals surface area contributed by atoms with E-state index >= 15 is 0 Å². The van der Waals surface area contributed by atoms with Gasteiger partial charge in [-0.3, -0.25) is 0 Å². The number of unbranched alkanes of at least 4 members (excludes halogenated alkanes) is 13. The molecule has 2 nitrogen and oxygen atoms in total. The van der Waals surface area contributed by atoms with E-state index in [1.165, 1.54) is 89.5 Å². The SMILES string of the molecule is CCCCCCCCCCCCCCCC=Cc1cccc(O)c1O. The Morgan fingerprint density at radius 1 is 0.720 bits per heavy atom. The first kappa shape index (κ1) is 21.6. The topological polar surface area (TPSA) is 40.5 Å². The van der Waals surface area contributed by atoms with Crippen molar-refractivity contribution >= 4 is 6.08 Å². The second-order valence-electron chi connectivity index (χ2n) is 7.15. The number of hydrogen-bond donors (Lipinski definition) is 2. The molecule has 1 aromatic carbocycles. The first-order valence-corrected chi connectivity index (χ1v) is 10.4. The van der Waals surface area contributed by atoms with Gasteiger partial charge in [0.25, 0.3) is 0 Å². The van der Waals surface area contributed by atoms with E-state index < -0.39 is 0 Å². The second kappa shape index (κ2) is 14.9. The van der Waals surface area contributed by atoms with Crippen LogP contribution >= 0.6 is 0 Å². The molecular formula is C23H38O2. The molecule has 2 heteroatoms. The Morgan fingerprint density at radius 2 is 1.24 bits per heavy atom. The smallest absolute Gasteiger partial charge is 0.164 e. The molecule has 2 N–H and O–H groups in total. The molecule has 0 amide bonds. The molecule has 0 heterocycles. The molecule has 0 atom stereocenters. The van der Waals surface area contributed by atoms with E-state index in [9.17, 15) is 10.2 Å². The maximum Gasteiger partial charge on any atom is 0.164 e. The Labute approximate surface area is 155 Å². The molecule has 0 fully saturated rings. The van der Waals surface area contributed by atoms with E-state index in [2.05, 4.69) is 13.0 Å². The van der Waals surface area contributed by atoms with Crippen LogP contribution in [0.5, 0.6) is 11.5 Å². The van der Waals surface area contributed by atoms with Crippen LogP contribution in [-0.4, -0.2) is 10.2 Å². The first-order valence-electron chi connectivity index (χ1n) is 10.4. The predicted molar refractivity (Wildman–Crippen MR) is 109 cm³/mol. The molecule has 0 saturated carbocycles. The van der Waals surface area contributed by atoms with Gasteiger partial charge in [-0.2, -0.15) is 0 Å². The van der Waals surface area contributed by atoms with Crippen molar-refractivity contribution in [1.29, 1.82) is 0 Å². The number of para-hydroxylation sites is 1. The minimum Gasteiger partial charge on any atom is -0.504 e. The molecule has 142 valence electrons. The highest BCUT2D eigenvalue weighted by molar-refractivity contribution is 5.61. The summed E-state index contributed by atoms with van der Waals surface area (Å²) in [6.07, 6.45) is 22.9. The van der Waals surface area contributed by atoms with Gasteiger partial charge in [-0.25, -0.2) is 0 Å². The molecule has 0 unspecified atom stereocenters. The number of allylic oxidation sites excluding steroid dienone is 1. The van der Waals surface area contributed by atoms with E-state index in [4.69, 9.17) is 0 Å². The highest BCUT2D eigenvalue weighted by Crippen LogP contribution is 2.29. The van der Waals surface area contributed by atoms with Gasteiger partial charge < -0.3 is 10.2 Å². The van der Waals surface area contributed by atoms with Crippen molar-refractivity contribution in [2.45, 2.75) is 96.8 Å². The Balaban J connectivity index is 1.89. The summed E-state index contributed by atoms with van der Waals surface area (Å²) in [5.74, 6) is -0.0766. The zero-order valence-corrected chi connectivity index (χ0v) is 16.2. The molecule has 0 spiro atoms. The van der Waals surface area contributed by atoms with Gasteiger partial charge in [-0.1, -0.05) is 108 Å². The van der Waals surface area contributed by atoms with Crippen molar-refractivity contribution in [3.63, 3.8) is 0 Å². The van der Waals surface area contributed by atoms with Crippen LogP contribution in [-0.2, 0) is 0 Å². The summed E-state index contributed by atoms with van der Waals surface area (Å²) in [4.78, 5) is 0. The number of phenols is 2. The zero-order chi connectivity index (χ0) is 18.2. The van der Waals surface area contributed by atoms with E-state index in [-0.39, 0.29) is 11.5 Å². The fourth-order valence-corrected chi connectivity index (χ4v) is 3.17. The van der Waals surface area contributed by atoms with E-state index in [1.807, 2.05) is 12.1 Å². The fraction of sp³-hybridized carbons (Fsp3) is 0.652. The Hall–Kier alpha value is -1.44. The third-order valence-corrected chi connectivity index (χ3v) is 4.82. The van der Waals surface area contributed by atoms with Gasteiger partial charge in [0, 0.05) is 5.56 Å². The van der Waals surface area contributed by atoms with Gasteiger partial charge in [-0.05, 0) is 18.9 Å². The third kappa shape index (κ3) is 10.9. The van der Waals surface area contributed by atoms with Crippen molar-refractivity contribution in [3.8, 4) is 11.5 Å². The number of aromatic hydroxyl groups is 2. The molecular weight excluding hydrogens is 308 g/mol. The number of hydrogen-bond acceptors (Lipinski definition) is 2. The van der Waals surface area contributed by atoms with Crippen molar-refractivity contribution < 1.29 is 10.2 Å². The molecule has 0 radical (unpaired) electrons. The molecule has 1 aromatic rings. The van der Waals surface area contributed by atoms with Crippen molar-refractivity contribution in [2.24, 2.45) is 0 Å². The van der Waals surface area contributed by atoms with Crippen LogP contribution in [0.1, 0.15) is 102 Å². The highest BCUT2D eigenvalue weighted by Gasteiger charge is 2.01. The van der Waals surface area contributed by atoms with Crippen LogP contribution in [0.15, 0.2) is 24.3 Å². The molecule has 0 bridgehead atoms. The van der Waals surface area contributed by atoms with Crippen LogP contribution < -0.4 is 0 Å². The van der Waals surface area contributed by atoms with Crippen molar-refractivity contribution in [2.75, 3.05) is 0 Å². The summed E-state index contributed by atoms with van der Waals surface area (Å²) in [5.41, 5.74) is 0.690. The average molecular weight is 347 g/mol. The molecule has 1 rings (SSSR count). The standard InChI is InChI=1S/C23H38O2/c1-2-3-4-5-6-7-8-9-10-11-12-13-14-15-16-18-21-19-17-20-22(24)23(21)25/h16-20,24-25H,2-15H2,1H3. The monoisotopic (exact) mass is 346 g/mol. The summed E-state index contributed by atoms with van der Waals surface area (Å²) in [7, 11) is 0. The van der Waals surface area contributed by atoms with Crippen LogP contribution in [0.3, 0.4) is 0 Å². The van der Waals surface area contributed by atoms with Gasteiger partial charge in [-0.15, -0.1) is 0 Å². The van der Waals surface area contributed by atoms with Gasteiger partial charge in [0.05, 0.1) is 0 Å². The molecule has 0 aliphatic carbocycles. The maximum absolute atomic E-state index is 9.71. The molecule has 0 aromatic heterocycles. The van der Waals surface area contributed by atoms with E-state index in [1.54, 1.807) is 6.07 Å². The maximum atomic E-state index is 9.71. The van der Waals surface area contributed by atoms with Crippen molar-refractivity contribution in [1.82, 2.24) is 0 Å². The molecule has 0 aliphatic rings. The number of phenolic OH excluding ortho intramolecular Hbond substituents is 2. The number of rotatable bonds is 15. The Morgan fingerprint density at radius 3 is 1.80 bits per heavy atom. The van der Waals surface area contributed by atoms with Crippen molar-refractivity contribution in [3.05, 3.63) is 29.8 Å². The molecule has 0 saturated heterocycles. The van der Waals surface area contributed by atoms with E-state index in [0.29, 0.717) is 5.56 Å². The molecule has 25 heavy (non-hydrogen) atoms. The zero-order valence-electron chi connectivity index (χ0n) is 16.2. The minimum atomic E-state index is -0.0527. The second-order valence-corrected chi connectivity index (χ2v) is 7.15. The van der Waals surface area contributed by atoms with Gasteiger partial charge >= 0.3 is 0 Å². The lowest BCUT2D eigenvalue weighted by atomic mass is 10.0. The summed E-state index contributed by atoms with van der Waals surface area (Å²) in [6.45, 7) is 2.27. The number of benzene rings is 1. The lowest BCUT2D eigenvalue weighted by Crippen LogP contribution is -1.82. The Kier molecular flexibility index (Phi) is 12.8. The van der Waals surface area contributed by atoms with Crippen LogP contribution in [0.4, 0.5) is 0 Å². The fourth-order valence-electron chi connectivity index (χ4n) is 3.17. The quantitative estimate of drug-likeness (QED) is 0.253. The van der Waals surface area contributed by atoms with Crippen LogP contribution in [0, 0.1) is 0 Å². The lowest BCUT2D eigenvalue weighted by molar-refractivity contribution is 0.403.